The van der Waals surface area contributed by atoms with Crippen LogP contribution in [0, 0.1) is 6.92 Å². The Morgan fingerprint density at radius 1 is 1.13 bits per heavy atom. The Labute approximate surface area is 142 Å². The van der Waals surface area contributed by atoms with Crippen molar-refractivity contribution in [2.24, 2.45) is 4.99 Å². The number of nitrogens with one attached hydrogen (secondary N) is 1. The second-order valence-electron chi connectivity index (χ2n) is 5.10. The lowest BCUT2D eigenvalue weighted by Crippen LogP contribution is -2.14. The summed E-state index contributed by atoms with van der Waals surface area (Å²) in [4.78, 5) is 16.8. The van der Waals surface area contributed by atoms with Gasteiger partial charge < -0.3 is 14.8 Å². The van der Waals surface area contributed by atoms with E-state index in [0.29, 0.717) is 22.9 Å². The molecule has 1 amide bonds. The standard InChI is InChI=1S/C17H15BrN2O3/c1-9-6-10(18)7-12-15(9)20-17(21)16(12)19-13-8-11(22-2)4-5-14(13)23-3/h4-8H,1-3H3,(H,19,20,21). The van der Waals surface area contributed by atoms with Gasteiger partial charge in [-0.3, -0.25) is 4.79 Å². The van der Waals surface area contributed by atoms with Crippen molar-refractivity contribution in [1.82, 2.24) is 0 Å². The number of carbonyl (C=O) groups excluding carboxylic acids is 1. The molecule has 1 aliphatic rings. The minimum absolute atomic E-state index is 0.230. The lowest BCUT2D eigenvalue weighted by atomic mass is 10.1. The smallest absolute Gasteiger partial charge is 0.275 e. The number of benzene rings is 2. The van der Waals surface area contributed by atoms with Gasteiger partial charge in [-0.25, -0.2) is 4.99 Å². The fourth-order valence-electron chi connectivity index (χ4n) is 2.51. The summed E-state index contributed by atoms with van der Waals surface area (Å²) in [5.41, 5.74) is 3.44. The molecule has 23 heavy (non-hydrogen) atoms. The Kier molecular flexibility index (Phi) is 4.09. The highest BCUT2D eigenvalue weighted by Crippen LogP contribution is 2.35. The van der Waals surface area contributed by atoms with E-state index in [0.717, 1.165) is 21.3 Å². The summed E-state index contributed by atoms with van der Waals surface area (Å²) in [5, 5.41) is 2.87. The van der Waals surface area contributed by atoms with Gasteiger partial charge in [-0.2, -0.15) is 0 Å². The maximum absolute atomic E-state index is 12.3. The number of amides is 1. The first-order valence-corrected chi connectivity index (χ1v) is 7.75. The van der Waals surface area contributed by atoms with Crippen LogP contribution in [-0.2, 0) is 4.79 Å². The first-order valence-electron chi connectivity index (χ1n) is 6.96. The summed E-state index contributed by atoms with van der Waals surface area (Å²) in [5.74, 6) is 0.992. The van der Waals surface area contributed by atoms with E-state index in [1.54, 1.807) is 32.4 Å². The van der Waals surface area contributed by atoms with Gasteiger partial charge in [0.05, 0.1) is 19.9 Å². The molecule has 6 heteroatoms. The van der Waals surface area contributed by atoms with Crippen molar-refractivity contribution in [3.8, 4) is 11.5 Å². The third kappa shape index (κ3) is 2.82. The molecule has 1 N–H and O–H groups in total. The maximum atomic E-state index is 12.3. The van der Waals surface area contributed by atoms with Gasteiger partial charge in [-0.1, -0.05) is 15.9 Å². The van der Waals surface area contributed by atoms with Gasteiger partial charge in [0, 0.05) is 16.1 Å². The average Bonchev–Trinajstić information content (AvgIpc) is 2.84. The molecule has 0 fully saturated rings. The number of ether oxygens (including phenoxy) is 2. The molecule has 118 valence electrons. The predicted octanol–water partition coefficient (Wildman–Crippen LogP) is 3.85. The van der Waals surface area contributed by atoms with Crippen molar-refractivity contribution >= 4 is 38.9 Å². The Bertz CT molecular complexity index is 831. The number of aliphatic imine (C=N–C) groups is 1. The lowest BCUT2D eigenvalue weighted by molar-refractivity contribution is -0.110. The Balaban J connectivity index is 2.17. The maximum Gasteiger partial charge on any atom is 0.275 e. The molecular weight excluding hydrogens is 360 g/mol. The van der Waals surface area contributed by atoms with Crippen LogP contribution in [0.2, 0.25) is 0 Å². The van der Waals surface area contributed by atoms with Crippen LogP contribution in [0.15, 0.2) is 39.8 Å². The molecule has 0 spiro atoms. The third-order valence-electron chi connectivity index (χ3n) is 3.63. The molecule has 0 bridgehead atoms. The highest BCUT2D eigenvalue weighted by Gasteiger charge is 2.28. The van der Waals surface area contributed by atoms with Crippen molar-refractivity contribution in [2.75, 3.05) is 19.5 Å². The molecule has 0 radical (unpaired) electrons. The van der Waals surface area contributed by atoms with Gasteiger partial charge in [0.2, 0.25) is 0 Å². The van der Waals surface area contributed by atoms with Gasteiger partial charge >= 0.3 is 0 Å². The summed E-state index contributed by atoms with van der Waals surface area (Å²) in [6, 6.07) is 9.12. The Morgan fingerprint density at radius 2 is 1.91 bits per heavy atom. The summed E-state index contributed by atoms with van der Waals surface area (Å²) in [6.07, 6.45) is 0. The van der Waals surface area contributed by atoms with Crippen LogP contribution < -0.4 is 14.8 Å². The normalized spacial score (nSPS) is 14.6. The fraction of sp³-hybridized carbons (Fsp3) is 0.176. The van der Waals surface area contributed by atoms with Crippen molar-refractivity contribution in [1.29, 1.82) is 0 Å². The molecule has 5 nitrogen and oxygen atoms in total. The molecule has 0 atom stereocenters. The predicted molar refractivity (Wildman–Crippen MR) is 93.3 cm³/mol. The molecule has 1 heterocycles. The highest BCUT2D eigenvalue weighted by molar-refractivity contribution is 9.10. The van der Waals surface area contributed by atoms with Crippen molar-refractivity contribution in [2.45, 2.75) is 6.92 Å². The number of hydrogen-bond donors (Lipinski definition) is 1. The highest BCUT2D eigenvalue weighted by atomic mass is 79.9. The second kappa shape index (κ2) is 6.04. The molecule has 2 aromatic carbocycles. The van der Waals surface area contributed by atoms with E-state index in [4.69, 9.17) is 9.47 Å². The van der Waals surface area contributed by atoms with Crippen LogP contribution in [0.3, 0.4) is 0 Å². The summed E-state index contributed by atoms with van der Waals surface area (Å²) >= 11 is 3.46. The summed E-state index contributed by atoms with van der Waals surface area (Å²) in [7, 11) is 3.14. The zero-order valence-electron chi connectivity index (χ0n) is 12.9. The monoisotopic (exact) mass is 374 g/mol. The molecule has 0 saturated carbocycles. The van der Waals surface area contributed by atoms with Gasteiger partial charge in [-0.15, -0.1) is 0 Å². The number of aryl methyl sites for hydroxylation is 1. The Hall–Kier alpha value is -2.34. The first-order chi connectivity index (χ1) is 11.0. The van der Waals surface area contributed by atoms with E-state index in [-0.39, 0.29) is 5.91 Å². The van der Waals surface area contributed by atoms with Crippen molar-refractivity contribution in [3.63, 3.8) is 0 Å². The minimum Gasteiger partial charge on any atom is -0.497 e. The summed E-state index contributed by atoms with van der Waals surface area (Å²) in [6.45, 7) is 1.94. The SMILES string of the molecule is COc1ccc(OC)c(N=C2C(=O)Nc3c(C)cc(Br)cc32)c1. The number of methoxy groups -OCH3 is 2. The van der Waals surface area contributed by atoms with E-state index in [9.17, 15) is 4.79 Å². The number of halogens is 1. The zero-order chi connectivity index (χ0) is 16.6. The van der Waals surface area contributed by atoms with Gasteiger partial charge in [0.15, 0.2) is 0 Å². The second-order valence-corrected chi connectivity index (χ2v) is 6.01. The van der Waals surface area contributed by atoms with E-state index >= 15 is 0 Å². The van der Waals surface area contributed by atoms with Crippen LogP contribution in [0.5, 0.6) is 11.5 Å². The van der Waals surface area contributed by atoms with Crippen LogP contribution in [0.25, 0.3) is 0 Å². The molecule has 1 aliphatic heterocycles. The quantitative estimate of drug-likeness (QED) is 0.887. The molecule has 3 rings (SSSR count). The molecule has 0 unspecified atom stereocenters. The molecule has 0 aromatic heterocycles. The molecule has 2 aromatic rings. The van der Waals surface area contributed by atoms with Crippen LogP contribution >= 0.6 is 15.9 Å². The van der Waals surface area contributed by atoms with Crippen molar-refractivity contribution < 1.29 is 14.3 Å². The third-order valence-corrected chi connectivity index (χ3v) is 4.09. The number of carbonyl (C=O) groups is 1. The largest absolute Gasteiger partial charge is 0.497 e. The van der Waals surface area contributed by atoms with Gasteiger partial charge in [0.1, 0.15) is 22.9 Å². The Morgan fingerprint density at radius 3 is 2.61 bits per heavy atom. The number of nitrogens with zero attached hydrogens (tertiary/aromatic N) is 1. The molecular formula is C17H15BrN2O3. The number of rotatable bonds is 3. The number of fused-ring (bicyclic) bond motifs is 1. The molecule has 0 aliphatic carbocycles. The fourth-order valence-corrected chi connectivity index (χ4v) is 3.08. The topological polar surface area (TPSA) is 59.9 Å². The molecule has 0 saturated heterocycles. The number of anilines is 1. The minimum atomic E-state index is -0.230. The van der Waals surface area contributed by atoms with E-state index in [1.807, 2.05) is 19.1 Å². The van der Waals surface area contributed by atoms with E-state index in [1.165, 1.54) is 0 Å². The van der Waals surface area contributed by atoms with Crippen LogP contribution in [0.4, 0.5) is 11.4 Å². The van der Waals surface area contributed by atoms with Crippen LogP contribution in [0.1, 0.15) is 11.1 Å². The van der Waals surface area contributed by atoms with Crippen LogP contribution in [-0.4, -0.2) is 25.8 Å². The van der Waals surface area contributed by atoms with Gasteiger partial charge in [-0.05, 0) is 36.8 Å². The van der Waals surface area contributed by atoms with Gasteiger partial charge in [0.25, 0.3) is 5.91 Å². The zero-order valence-corrected chi connectivity index (χ0v) is 14.5. The van der Waals surface area contributed by atoms with E-state index < -0.39 is 0 Å². The number of hydrogen-bond acceptors (Lipinski definition) is 4. The first kappa shape index (κ1) is 15.6. The average molecular weight is 375 g/mol. The van der Waals surface area contributed by atoms with Crippen molar-refractivity contribution in [3.05, 3.63) is 45.9 Å². The van der Waals surface area contributed by atoms with E-state index in [2.05, 4.69) is 26.2 Å². The summed E-state index contributed by atoms with van der Waals surface area (Å²) < 4.78 is 11.4. The lowest BCUT2D eigenvalue weighted by Gasteiger charge is -2.08.